The number of rotatable bonds is 10. The van der Waals surface area contributed by atoms with E-state index in [4.69, 9.17) is 19.9 Å². The van der Waals surface area contributed by atoms with Gasteiger partial charge in [-0.3, -0.25) is 19.2 Å². The molecular weight excluding hydrogens is 444 g/mol. The van der Waals surface area contributed by atoms with Crippen molar-refractivity contribution in [3.05, 3.63) is 53.3 Å². The molecule has 0 saturated carbocycles. The molecule has 3 heterocycles. The summed E-state index contributed by atoms with van der Waals surface area (Å²) in [7, 11) is 5.28. The van der Waals surface area contributed by atoms with E-state index in [0.29, 0.717) is 23.7 Å². The maximum atomic E-state index is 12.0. The molecule has 0 unspecified atom stereocenters. The highest BCUT2D eigenvalue weighted by molar-refractivity contribution is 5.94. The molecule has 0 radical (unpaired) electrons. The zero-order valence-electron chi connectivity index (χ0n) is 19.0. The lowest BCUT2D eigenvalue weighted by atomic mass is 10.1. The third-order valence-electron chi connectivity index (χ3n) is 4.61. The molecule has 0 atom stereocenters. The predicted octanol–water partition coefficient (Wildman–Crippen LogP) is 0.776. The van der Waals surface area contributed by atoms with Gasteiger partial charge >= 0.3 is 0 Å². The van der Waals surface area contributed by atoms with E-state index in [1.54, 1.807) is 47.9 Å². The Kier molecular flexibility index (Phi) is 6.66. The Hall–Kier alpha value is -4.49. The highest BCUT2D eigenvalue weighted by atomic mass is 16.5. The average Bonchev–Trinajstić information content (AvgIpc) is 3.42. The highest BCUT2D eigenvalue weighted by Crippen LogP contribution is 2.40. The summed E-state index contributed by atoms with van der Waals surface area (Å²) in [6, 6.07) is 3.01. The largest absolute Gasteiger partial charge is 0.483 e. The first-order chi connectivity index (χ1) is 16.4. The number of aromatic nitrogens is 6. The van der Waals surface area contributed by atoms with Crippen LogP contribution < -0.4 is 19.9 Å². The molecule has 0 bridgehead atoms. The molecule has 178 valence electrons. The van der Waals surface area contributed by atoms with Gasteiger partial charge in [-0.1, -0.05) is 15.7 Å². The maximum absolute atomic E-state index is 12.0. The van der Waals surface area contributed by atoms with Crippen molar-refractivity contribution in [3.8, 4) is 17.2 Å². The summed E-state index contributed by atoms with van der Waals surface area (Å²) in [5, 5.41) is 25.4. The molecule has 0 fully saturated rings. The van der Waals surface area contributed by atoms with E-state index in [9.17, 15) is 4.79 Å². The molecule has 1 aliphatic heterocycles. The number of benzene rings is 1. The molecule has 0 saturated heterocycles. The number of nitrogens with two attached hydrogens (primary N) is 1. The molecule has 1 amide bonds. The second-order valence-corrected chi connectivity index (χ2v) is 7.55. The zero-order valence-corrected chi connectivity index (χ0v) is 19.0. The number of amides is 1. The Balaban J connectivity index is 1.63. The van der Waals surface area contributed by atoms with Gasteiger partial charge in [0.15, 0.2) is 11.5 Å². The van der Waals surface area contributed by atoms with Gasteiger partial charge in [0.2, 0.25) is 11.7 Å². The van der Waals surface area contributed by atoms with Crippen molar-refractivity contribution < 1.29 is 19.0 Å². The molecule has 2 N–H and O–H groups in total. The first-order valence-electron chi connectivity index (χ1n) is 10.2. The first kappa shape index (κ1) is 22.7. The van der Waals surface area contributed by atoms with Gasteiger partial charge < -0.3 is 19.9 Å². The molecule has 14 heteroatoms. The number of carbonyl (C=O) groups is 1. The van der Waals surface area contributed by atoms with Crippen molar-refractivity contribution in [1.29, 1.82) is 0 Å². The van der Waals surface area contributed by atoms with E-state index in [1.807, 2.05) is 6.20 Å². The third-order valence-corrected chi connectivity index (χ3v) is 4.61. The van der Waals surface area contributed by atoms with Gasteiger partial charge in [-0.05, 0) is 12.1 Å². The summed E-state index contributed by atoms with van der Waals surface area (Å²) >= 11 is 0. The SMILES string of the molecule is CN1C=C(COc2c(OCc3cn(C)nn3)cc(C(N)=O)cc2OCc2cn(C)nn2)CN=N1. The summed E-state index contributed by atoms with van der Waals surface area (Å²) in [5.74, 6) is 0.186. The molecule has 0 spiro atoms. The van der Waals surface area contributed by atoms with E-state index < -0.39 is 5.91 Å². The second-order valence-electron chi connectivity index (χ2n) is 7.55. The van der Waals surface area contributed by atoms with Gasteiger partial charge in [0.05, 0.1) is 18.9 Å². The van der Waals surface area contributed by atoms with E-state index >= 15 is 0 Å². The number of aryl methyl sites for hydroxylation is 2. The molecule has 34 heavy (non-hydrogen) atoms. The summed E-state index contributed by atoms with van der Waals surface area (Å²) in [5.41, 5.74) is 7.82. The van der Waals surface area contributed by atoms with Gasteiger partial charge in [0.1, 0.15) is 31.2 Å². The molecule has 0 aliphatic carbocycles. The summed E-state index contributed by atoms with van der Waals surface area (Å²) < 4.78 is 21.1. The number of ether oxygens (including phenoxy) is 3. The summed E-state index contributed by atoms with van der Waals surface area (Å²) in [6.07, 6.45) is 5.26. The van der Waals surface area contributed by atoms with Crippen LogP contribution in [0.4, 0.5) is 0 Å². The Morgan fingerprint density at radius 2 is 1.53 bits per heavy atom. The van der Waals surface area contributed by atoms with Gasteiger partial charge in [-0.25, -0.2) is 0 Å². The van der Waals surface area contributed by atoms with Gasteiger partial charge in [-0.15, -0.1) is 10.2 Å². The molecule has 3 aromatic rings. The van der Waals surface area contributed by atoms with Crippen molar-refractivity contribution in [2.75, 3.05) is 20.2 Å². The van der Waals surface area contributed by atoms with Crippen LogP contribution in [0.15, 0.2) is 46.6 Å². The van der Waals surface area contributed by atoms with Crippen molar-refractivity contribution in [3.63, 3.8) is 0 Å². The summed E-state index contributed by atoms with van der Waals surface area (Å²) in [6.45, 7) is 0.781. The van der Waals surface area contributed by atoms with Gasteiger partial charge in [0, 0.05) is 38.5 Å². The van der Waals surface area contributed by atoms with Crippen LogP contribution in [-0.2, 0) is 27.3 Å². The van der Waals surface area contributed by atoms with Crippen molar-refractivity contribution in [2.45, 2.75) is 13.2 Å². The Morgan fingerprint density at radius 1 is 0.941 bits per heavy atom. The molecular formula is C20H24N10O4. The number of nitrogens with zero attached hydrogens (tertiary/aromatic N) is 9. The monoisotopic (exact) mass is 468 g/mol. The zero-order chi connectivity index (χ0) is 24.1. The Labute approximate surface area is 194 Å². The smallest absolute Gasteiger partial charge is 0.248 e. The maximum Gasteiger partial charge on any atom is 0.248 e. The highest BCUT2D eigenvalue weighted by Gasteiger charge is 2.20. The molecule has 14 nitrogen and oxygen atoms in total. The number of carbonyl (C=O) groups excluding carboxylic acids is 1. The molecule has 1 aliphatic rings. The first-order valence-corrected chi connectivity index (χ1v) is 10.2. The number of primary amides is 1. The average molecular weight is 468 g/mol. The van der Waals surface area contributed by atoms with E-state index in [0.717, 1.165) is 5.57 Å². The van der Waals surface area contributed by atoms with Crippen molar-refractivity contribution in [2.24, 2.45) is 30.2 Å². The van der Waals surface area contributed by atoms with Crippen LogP contribution in [0.5, 0.6) is 17.2 Å². The normalized spacial score (nSPS) is 13.0. The van der Waals surface area contributed by atoms with Crippen LogP contribution in [0, 0.1) is 0 Å². The fourth-order valence-electron chi connectivity index (χ4n) is 3.10. The van der Waals surface area contributed by atoms with Gasteiger partial charge in [0.25, 0.3) is 0 Å². The van der Waals surface area contributed by atoms with Crippen LogP contribution in [0.1, 0.15) is 21.7 Å². The molecule has 2 aromatic heterocycles. The van der Waals surface area contributed by atoms with Crippen LogP contribution in [0.25, 0.3) is 0 Å². The lowest BCUT2D eigenvalue weighted by Crippen LogP contribution is -2.15. The van der Waals surface area contributed by atoms with Crippen molar-refractivity contribution >= 4 is 5.91 Å². The van der Waals surface area contributed by atoms with Crippen molar-refractivity contribution in [1.82, 2.24) is 35.0 Å². The third kappa shape index (κ3) is 5.65. The fraction of sp³-hybridized carbons (Fsp3) is 0.350. The summed E-state index contributed by atoms with van der Waals surface area (Å²) in [4.78, 5) is 12.0. The standard InChI is InChI=1S/C20H24N10O4/c1-28-7-13(6-22-25-28)10-34-19-17(32-11-15-8-29(2)26-23-15)4-14(20(21)31)5-18(19)33-12-16-9-30(3)27-24-16/h4-5,7-9H,6,10-12H2,1-3H3,(H2,21,31). The van der Waals surface area contributed by atoms with E-state index in [1.165, 1.54) is 12.1 Å². The molecule has 4 rings (SSSR count). The minimum atomic E-state index is -0.641. The minimum absolute atomic E-state index is 0.0929. The topological polar surface area (TPSA) is 160 Å². The lowest BCUT2D eigenvalue weighted by Gasteiger charge is -2.19. The quantitative estimate of drug-likeness (QED) is 0.453. The number of hydrogen-bond donors (Lipinski definition) is 1. The Bertz CT molecular complexity index is 1170. The van der Waals surface area contributed by atoms with Crippen LogP contribution in [-0.4, -0.2) is 61.1 Å². The predicted molar refractivity (Wildman–Crippen MR) is 117 cm³/mol. The number of hydrogen-bond acceptors (Lipinski definition) is 11. The molecule has 1 aromatic carbocycles. The van der Waals surface area contributed by atoms with Crippen LogP contribution in [0.2, 0.25) is 0 Å². The minimum Gasteiger partial charge on any atom is -0.483 e. The lowest BCUT2D eigenvalue weighted by molar-refractivity contribution is 0.0999. The fourth-order valence-corrected chi connectivity index (χ4v) is 3.10. The van der Waals surface area contributed by atoms with Gasteiger partial charge in [-0.2, -0.15) is 5.11 Å². The van der Waals surface area contributed by atoms with E-state index in [2.05, 4.69) is 31.0 Å². The van der Waals surface area contributed by atoms with Crippen LogP contribution >= 0.6 is 0 Å². The van der Waals surface area contributed by atoms with Crippen LogP contribution in [0.3, 0.4) is 0 Å². The second kappa shape index (κ2) is 9.97. The Morgan fingerprint density at radius 3 is 2.00 bits per heavy atom. The van der Waals surface area contributed by atoms with E-state index in [-0.39, 0.29) is 36.9 Å².